The number of piperidine rings is 1. The van der Waals surface area contributed by atoms with E-state index in [0.717, 1.165) is 10.5 Å². The van der Waals surface area contributed by atoms with Gasteiger partial charge in [0, 0.05) is 58.5 Å². The second-order valence-corrected chi connectivity index (χ2v) is 21.8. The van der Waals surface area contributed by atoms with E-state index in [0.29, 0.717) is 69.8 Å². The molecule has 1 saturated carbocycles. The van der Waals surface area contributed by atoms with Crippen LogP contribution in [0.5, 0.6) is 0 Å². The maximum Gasteiger partial charge on any atom is 0.329 e. The first-order valence-corrected chi connectivity index (χ1v) is 26.4. The highest BCUT2D eigenvalue weighted by atomic mass is 16.6. The summed E-state index contributed by atoms with van der Waals surface area (Å²) in [4.78, 5) is 85.4. The minimum absolute atomic E-state index is 0.00697. The van der Waals surface area contributed by atoms with Crippen molar-refractivity contribution in [1.82, 2.24) is 4.90 Å². The molecule has 2 saturated heterocycles. The van der Waals surface area contributed by atoms with Crippen LogP contribution >= 0.6 is 0 Å². The van der Waals surface area contributed by atoms with Crippen molar-refractivity contribution in [3.8, 4) is 0 Å². The number of ether oxygens (including phenoxy) is 6. The van der Waals surface area contributed by atoms with Gasteiger partial charge in [-0.25, -0.2) is 4.79 Å². The van der Waals surface area contributed by atoms with Crippen molar-refractivity contribution < 1.29 is 77.6 Å². The number of esters is 2. The minimum Gasteiger partial charge on any atom is -0.460 e. The molecule has 15 atom stereocenters. The van der Waals surface area contributed by atoms with Gasteiger partial charge in [-0.15, -0.1) is 0 Å². The van der Waals surface area contributed by atoms with Crippen LogP contribution in [0.1, 0.15) is 132 Å². The summed E-state index contributed by atoms with van der Waals surface area (Å²) in [7, 11) is 4.43. The van der Waals surface area contributed by atoms with E-state index in [1.54, 1.807) is 40.9 Å². The molecule has 3 unspecified atom stereocenters. The highest BCUT2D eigenvalue weighted by molar-refractivity contribution is 6.39. The van der Waals surface area contributed by atoms with Crippen molar-refractivity contribution in [2.24, 2.45) is 40.9 Å². The van der Waals surface area contributed by atoms with E-state index in [1.807, 2.05) is 51.2 Å². The summed E-state index contributed by atoms with van der Waals surface area (Å²) in [5, 5.41) is 43.1. The number of aliphatic hydroxyl groups is 4. The summed E-state index contributed by atoms with van der Waals surface area (Å²) in [6.07, 6.45) is 9.76. The monoisotopic (exact) mass is 1030 g/mol. The van der Waals surface area contributed by atoms with Crippen molar-refractivity contribution in [3.05, 3.63) is 47.6 Å². The maximum atomic E-state index is 14.5. The molecule has 0 aromatic carbocycles. The number of ketones is 3. The van der Waals surface area contributed by atoms with E-state index in [4.69, 9.17) is 28.4 Å². The Kier molecular flexibility index (Phi) is 23.9. The smallest absolute Gasteiger partial charge is 0.329 e. The molecule has 0 aromatic heterocycles. The molecule has 4 N–H and O–H groups in total. The zero-order valence-corrected chi connectivity index (χ0v) is 45.3. The topological polar surface area (TPSA) is 242 Å². The van der Waals surface area contributed by atoms with Crippen LogP contribution in [-0.4, -0.2) is 156 Å². The Bertz CT molecular complexity index is 2010. The number of Topliss-reactive ketones (excluding diaryl/α,β-unsaturated/α-hetero) is 3. The summed E-state index contributed by atoms with van der Waals surface area (Å²) < 4.78 is 35.4. The van der Waals surface area contributed by atoms with Gasteiger partial charge in [0.05, 0.1) is 31.5 Å². The van der Waals surface area contributed by atoms with Gasteiger partial charge in [-0.2, -0.15) is 0 Å². The number of rotatable bonds is 10. The Morgan fingerprint density at radius 2 is 1.56 bits per heavy atom. The molecule has 3 fully saturated rings. The van der Waals surface area contributed by atoms with Gasteiger partial charge in [0.2, 0.25) is 5.79 Å². The van der Waals surface area contributed by atoms with Crippen LogP contribution in [0.4, 0.5) is 0 Å². The Morgan fingerprint density at radius 1 is 0.863 bits per heavy atom. The lowest BCUT2D eigenvalue weighted by atomic mass is 9.78. The molecule has 17 nitrogen and oxygen atoms in total. The number of hydrogen-bond acceptors (Lipinski definition) is 16. The first-order valence-electron chi connectivity index (χ1n) is 26.4. The lowest BCUT2D eigenvalue weighted by Gasteiger charge is -2.42. The third kappa shape index (κ3) is 16.0. The van der Waals surface area contributed by atoms with Crippen molar-refractivity contribution in [2.45, 2.75) is 187 Å². The van der Waals surface area contributed by atoms with Gasteiger partial charge in [0.25, 0.3) is 11.7 Å². The number of aliphatic hydroxyl groups excluding tert-OH is 3. The zero-order chi connectivity index (χ0) is 54.4. The Balaban J connectivity index is 1.69. The highest BCUT2D eigenvalue weighted by Crippen LogP contribution is 2.38. The molecular weight excluding hydrogens is 943 g/mol. The number of cyclic esters (lactones) is 1. The number of amides is 1. The summed E-state index contributed by atoms with van der Waals surface area (Å²) in [6.45, 7) is 12.7. The number of nitrogens with zero attached hydrogens (tertiary/aromatic N) is 1. The van der Waals surface area contributed by atoms with Gasteiger partial charge in [-0.3, -0.25) is 24.0 Å². The van der Waals surface area contributed by atoms with E-state index in [9.17, 15) is 49.2 Å². The van der Waals surface area contributed by atoms with Gasteiger partial charge in [0.1, 0.15) is 41.7 Å². The second-order valence-electron chi connectivity index (χ2n) is 21.8. The number of hydrogen-bond donors (Lipinski definition) is 4. The third-order valence-corrected chi connectivity index (χ3v) is 15.9. The molecule has 4 rings (SSSR count). The summed E-state index contributed by atoms with van der Waals surface area (Å²) in [5.74, 6) is -9.36. The van der Waals surface area contributed by atoms with Crippen LogP contribution < -0.4 is 0 Å². The van der Waals surface area contributed by atoms with E-state index in [-0.39, 0.29) is 42.8 Å². The van der Waals surface area contributed by atoms with Crippen LogP contribution in [0.15, 0.2) is 47.6 Å². The van der Waals surface area contributed by atoms with Crippen molar-refractivity contribution in [1.29, 1.82) is 0 Å². The Hall–Kier alpha value is -3.94. The summed E-state index contributed by atoms with van der Waals surface area (Å²) in [5.41, 5.74) is -0.277. The van der Waals surface area contributed by atoms with Crippen molar-refractivity contribution in [2.75, 3.05) is 41.1 Å². The highest BCUT2D eigenvalue weighted by Gasteiger charge is 2.53. The van der Waals surface area contributed by atoms with Crippen LogP contribution in [0.3, 0.4) is 0 Å². The van der Waals surface area contributed by atoms with Crippen LogP contribution in [0, 0.1) is 40.9 Å². The van der Waals surface area contributed by atoms with Crippen molar-refractivity contribution in [3.63, 3.8) is 0 Å². The van der Waals surface area contributed by atoms with Gasteiger partial charge >= 0.3 is 11.9 Å². The number of fused-ring (bicyclic) bond motifs is 3. The predicted molar refractivity (Wildman–Crippen MR) is 271 cm³/mol. The molecule has 17 heteroatoms. The molecule has 2 bridgehead atoms. The van der Waals surface area contributed by atoms with Crippen LogP contribution in [0.25, 0.3) is 0 Å². The fourth-order valence-corrected chi connectivity index (χ4v) is 10.7. The number of allylic oxidation sites excluding steroid dienone is 6. The normalized spacial score (nSPS) is 37.4. The van der Waals surface area contributed by atoms with Crippen LogP contribution in [0.2, 0.25) is 0 Å². The van der Waals surface area contributed by atoms with E-state index < -0.39 is 120 Å². The fraction of sp³-hybridized carbons (Fsp3) is 0.750. The second kappa shape index (κ2) is 28.3. The minimum atomic E-state index is -2.47. The number of carbonyl (C=O) groups is 6. The largest absolute Gasteiger partial charge is 0.460 e. The molecule has 0 aromatic rings. The van der Waals surface area contributed by atoms with Gasteiger partial charge in [-0.05, 0) is 114 Å². The molecule has 1 amide bonds. The quantitative estimate of drug-likeness (QED) is 0.116. The summed E-state index contributed by atoms with van der Waals surface area (Å²) >= 11 is 0. The van der Waals surface area contributed by atoms with Gasteiger partial charge in [-0.1, -0.05) is 71.1 Å². The molecule has 0 spiro atoms. The number of methoxy groups -OCH3 is 3. The Labute approximate surface area is 433 Å². The van der Waals surface area contributed by atoms with E-state index in [2.05, 4.69) is 0 Å². The first-order chi connectivity index (χ1) is 34.5. The third-order valence-electron chi connectivity index (χ3n) is 15.9. The summed E-state index contributed by atoms with van der Waals surface area (Å²) in [6, 6.07) is -1.20. The molecule has 4 aliphatic rings. The molecular formula is C56H87NO16. The number of carbonyl (C=O) groups excluding carboxylic acids is 6. The standard InChI is InChI=1S/C56H87NO16/c1-33-17-13-12-14-18-34(2)45(68-9)29-41-22-20-39(7)56(67,73-41)51(63)52(64)57-24-16-15-19-42(57)53(65)71-46(30-43(60)35(3)26-38(6)49(62)50(70-11)48(61)37(5)25-33)36(4)27-40-21-23-44(47(28-40)69-10)72-54(66)55(8,31-58)32-59/h12-14,17-18,26,33,35-37,39-42,44-47,49-50,58-59,62,67H,15-16,19-25,27-32H2,1-11H3/b14-12+,17-13+,34-18+,38-26+/t33?,35-,36-,37-,39-,40+,41?,42+,44-,45?,46+,47-,49-,50+,56-/m1/s1. The molecule has 3 aliphatic heterocycles. The molecule has 1 aliphatic carbocycles. The SMILES string of the molecule is COC1CC2CC[C@@H](C)[C@@](O)(O2)C(=O)C(=O)N2CCCC[C@H]2C(=O)O[C@H]([C@H](C)C[C@@H]2CC[C@@H](OC(=O)C(C)(CO)CO)[C@H](OC)C2)CC(=O)[C@H](C)/C=C(\C)[C@@H](O)[C@@H](OC)C(=O)[C@H](C)CC(C)/C=C/C=C/C=C/1C. The zero-order valence-electron chi connectivity index (χ0n) is 45.3. The fourth-order valence-electron chi connectivity index (χ4n) is 10.7. The molecule has 73 heavy (non-hydrogen) atoms. The molecule has 3 heterocycles. The average Bonchev–Trinajstić information content (AvgIpc) is 3.37. The predicted octanol–water partition coefficient (Wildman–Crippen LogP) is 5.72. The molecule has 412 valence electrons. The van der Waals surface area contributed by atoms with Crippen molar-refractivity contribution >= 4 is 35.2 Å². The average molecular weight is 1030 g/mol. The van der Waals surface area contributed by atoms with E-state index >= 15 is 0 Å². The lowest BCUT2D eigenvalue weighted by Crippen LogP contribution is -2.61. The maximum absolute atomic E-state index is 14.5. The molecule has 0 radical (unpaired) electrons. The van der Waals surface area contributed by atoms with Gasteiger partial charge < -0.3 is 53.7 Å². The van der Waals surface area contributed by atoms with E-state index in [1.165, 1.54) is 21.1 Å². The van der Waals surface area contributed by atoms with Gasteiger partial charge in [0.15, 0.2) is 5.78 Å². The first kappa shape index (κ1) is 61.6. The lowest BCUT2D eigenvalue weighted by molar-refractivity contribution is -0.265. The Morgan fingerprint density at radius 3 is 2.21 bits per heavy atom. The van der Waals surface area contributed by atoms with Crippen LogP contribution in [-0.2, 0) is 57.2 Å².